The van der Waals surface area contributed by atoms with Crippen molar-refractivity contribution in [3.05, 3.63) is 29.8 Å². The minimum atomic E-state index is 0.501. The largest absolute Gasteiger partial charge is 0.378 e. The van der Waals surface area contributed by atoms with E-state index < -0.39 is 0 Å². The van der Waals surface area contributed by atoms with Crippen molar-refractivity contribution in [1.82, 2.24) is 15.1 Å². The van der Waals surface area contributed by atoms with Crippen LogP contribution >= 0.6 is 0 Å². The Morgan fingerprint density at radius 3 is 2.08 bits per heavy atom. The number of hydrogen-bond acceptors (Lipinski definition) is 4. The van der Waals surface area contributed by atoms with Crippen LogP contribution in [0.5, 0.6) is 0 Å². The third kappa shape index (κ3) is 5.47. The molecule has 1 atom stereocenters. The minimum absolute atomic E-state index is 0.501. The van der Waals surface area contributed by atoms with E-state index in [-0.39, 0.29) is 0 Å². The molecule has 1 fully saturated rings. The van der Waals surface area contributed by atoms with E-state index in [1.54, 1.807) is 0 Å². The van der Waals surface area contributed by atoms with E-state index >= 15 is 0 Å². The SMILES string of the molecule is CCCN(CCC)CC(c1ccc(N(C)C)cc1)N1CCNCC1. The van der Waals surface area contributed by atoms with Crippen LogP contribution in [-0.2, 0) is 0 Å². The van der Waals surface area contributed by atoms with Crippen molar-refractivity contribution in [3.63, 3.8) is 0 Å². The maximum absolute atomic E-state index is 3.49. The Balaban J connectivity index is 2.17. The molecule has 1 unspecified atom stereocenters. The maximum atomic E-state index is 3.49. The van der Waals surface area contributed by atoms with Gasteiger partial charge in [-0.05, 0) is 43.6 Å². The highest BCUT2D eigenvalue weighted by Gasteiger charge is 2.24. The van der Waals surface area contributed by atoms with E-state index in [1.165, 1.54) is 37.2 Å². The molecule has 0 radical (unpaired) electrons. The molecule has 1 aromatic carbocycles. The lowest BCUT2D eigenvalue weighted by molar-refractivity contribution is 0.124. The van der Waals surface area contributed by atoms with E-state index in [0.717, 1.165) is 32.7 Å². The highest BCUT2D eigenvalue weighted by molar-refractivity contribution is 5.46. The summed E-state index contributed by atoms with van der Waals surface area (Å²) in [5.74, 6) is 0. The summed E-state index contributed by atoms with van der Waals surface area (Å²) in [6, 6.07) is 9.68. The van der Waals surface area contributed by atoms with Crippen molar-refractivity contribution >= 4 is 5.69 Å². The molecule has 0 bridgehead atoms. The molecule has 2 rings (SSSR count). The van der Waals surface area contributed by atoms with E-state index in [9.17, 15) is 0 Å². The van der Waals surface area contributed by atoms with Crippen molar-refractivity contribution < 1.29 is 0 Å². The minimum Gasteiger partial charge on any atom is -0.378 e. The molecule has 0 amide bonds. The van der Waals surface area contributed by atoms with Gasteiger partial charge in [0.15, 0.2) is 0 Å². The van der Waals surface area contributed by atoms with Gasteiger partial charge in [0.05, 0.1) is 0 Å². The standard InChI is InChI=1S/C20H36N4/c1-5-13-23(14-6-2)17-20(24-15-11-21-12-16-24)18-7-9-19(10-8-18)22(3)4/h7-10,20-21H,5-6,11-17H2,1-4H3. The number of benzene rings is 1. The Kier molecular flexibility index (Phi) is 8.03. The van der Waals surface area contributed by atoms with Crippen LogP contribution in [0.3, 0.4) is 0 Å². The number of hydrogen-bond donors (Lipinski definition) is 1. The number of piperazine rings is 1. The lowest BCUT2D eigenvalue weighted by Crippen LogP contribution is -2.48. The van der Waals surface area contributed by atoms with Crippen LogP contribution in [0.1, 0.15) is 38.3 Å². The van der Waals surface area contributed by atoms with Crippen LogP contribution in [0.15, 0.2) is 24.3 Å². The number of nitrogens with one attached hydrogen (secondary N) is 1. The second-order valence-electron chi connectivity index (χ2n) is 7.09. The molecular weight excluding hydrogens is 296 g/mol. The van der Waals surface area contributed by atoms with Gasteiger partial charge in [-0.15, -0.1) is 0 Å². The van der Waals surface area contributed by atoms with Gasteiger partial charge in [0.2, 0.25) is 0 Å². The van der Waals surface area contributed by atoms with Gasteiger partial charge in [0, 0.05) is 58.5 Å². The average molecular weight is 333 g/mol. The van der Waals surface area contributed by atoms with Crippen molar-refractivity contribution in [2.24, 2.45) is 0 Å². The summed E-state index contributed by atoms with van der Waals surface area (Å²) in [5, 5.41) is 3.49. The second kappa shape index (κ2) is 10.0. The van der Waals surface area contributed by atoms with Crippen LogP contribution in [0, 0.1) is 0 Å². The molecule has 1 aromatic rings. The van der Waals surface area contributed by atoms with Crippen LogP contribution in [0.2, 0.25) is 0 Å². The normalized spacial score (nSPS) is 17.2. The smallest absolute Gasteiger partial charge is 0.0476 e. The first kappa shape index (κ1) is 19.2. The molecule has 4 nitrogen and oxygen atoms in total. The van der Waals surface area contributed by atoms with E-state index in [2.05, 4.69) is 72.2 Å². The Labute approximate surface area is 148 Å². The topological polar surface area (TPSA) is 21.8 Å². The predicted octanol–water partition coefficient (Wildman–Crippen LogP) is 2.82. The quantitative estimate of drug-likeness (QED) is 0.750. The fourth-order valence-electron chi connectivity index (χ4n) is 3.59. The summed E-state index contributed by atoms with van der Waals surface area (Å²) in [4.78, 5) is 7.48. The van der Waals surface area contributed by atoms with E-state index in [1.807, 2.05) is 0 Å². The van der Waals surface area contributed by atoms with Crippen LogP contribution in [0.25, 0.3) is 0 Å². The van der Waals surface area contributed by atoms with Gasteiger partial charge >= 0.3 is 0 Å². The molecule has 1 saturated heterocycles. The summed E-state index contributed by atoms with van der Waals surface area (Å²) in [6.45, 7) is 12.6. The lowest BCUT2D eigenvalue weighted by atomic mass is 10.0. The molecule has 136 valence electrons. The molecule has 0 spiro atoms. The first-order valence-corrected chi connectivity index (χ1v) is 9.60. The first-order chi connectivity index (χ1) is 11.7. The fourth-order valence-corrected chi connectivity index (χ4v) is 3.59. The monoisotopic (exact) mass is 332 g/mol. The third-order valence-electron chi connectivity index (χ3n) is 4.90. The molecular formula is C20H36N4. The molecule has 1 aliphatic heterocycles. The summed E-state index contributed by atoms with van der Waals surface area (Å²) in [5.41, 5.74) is 2.73. The van der Waals surface area contributed by atoms with Crippen LogP contribution in [-0.4, -0.2) is 69.7 Å². The Morgan fingerprint density at radius 2 is 1.58 bits per heavy atom. The summed E-state index contributed by atoms with van der Waals surface area (Å²) >= 11 is 0. The van der Waals surface area contributed by atoms with E-state index in [0.29, 0.717) is 6.04 Å². The number of nitrogens with zero attached hydrogens (tertiary/aromatic N) is 3. The van der Waals surface area contributed by atoms with Crippen molar-refractivity contribution in [2.75, 3.05) is 64.8 Å². The van der Waals surface area contributed by atoms with Crippen LogP contribution in [0.4, 0.5) is 5.69 Å². The second-order valence-corrected chi connectivity index (χ2v) is 7.09. The lowest BCUT2D eigenvalue weighted by Gasteiger charge is -2.38. The summed E-state index contributed by atoms with van der Waals surface area (Å²) < 4.78 is 0. The fraction of sp³-hybridized carbons (Fsp3) is 0.700. The van der Waals surface area contributed by atoms with Gasteiger partial charge in [-0.3, -0.25) is 4.90 Å². The average Bonchev–Trinajstić information content (AvgIpc) is 2.61. The van der Waals surface area contributed by atoms with E-state index in [4.69, 9.17) is 0 Å². The highest BCUT2D eigenvalue weighted by atomic mass is 15.2. The van der Waals surface area contributed by atoms with Gasteiger partial charge < -0.3 is 15.1 Å². The first-order valence-electron chi connectivity index (χ1n) is 9.60. The highest BCUT2D eigenvalue weighted by Crippen LogP contribution is 2.25. The molecule has 24 heavy (non-hydrogen) atoms. The molecule has 0 aromatic heterocycles. The Morgan fingerprint density at radius 1 is 1.00 bits per heavy atom. The zero-order chi connectivity index (χ0) is 17.4. The molecule has 1 aliphatic rings. The molecule has 4 heteroatoms. The number of anilines is 1. The zero-order valence-corrected chi connectivity index (χ0v) is 16.1. The van der Waals surface area contributed by atoms with Crippen LogP contribution < -0.4 is 10.2 Å². The molecule has 1 N–H and O–H groups in total. The molecule has 0 saturated carbocycles. The van der Waals surface area contributed by atoms with Crippen molar-refractivity contribution in [2.45, 2.75) is 32.7 Å². The van der Waals surface area contributed by atoms with Gasteiger partial charge in [0.1, 0.15) is 0 Å². The Bertz CT molecular complexity index is 445. The summed E-state index contributed by atoms with van der Waals surface area (Å²) in [7, 11) is 4.21. The third-order valence-corrected chi connectivity index (χ3v) is 4.90. The van der Waals surface area contributed by atoms with Crippen molar-refractivity contribution in [1.29, 1.82) is 0 Å². The maximum Gasteiger partial charge on any atom is 0.0476 e. The van der Waals surface area contributed by atoms with Gasteiger partial charge in [-0.2, -0.15) is 0 Å². The molecule has 0 aliphatic carbocycles. The van der Waals surface area contributed by atoms with Gasteiger partial charge in [0.25, 0.3) is 0 Å². The zero-order valence-electron chi connectivity index (χ0n) is 16.1. The van der Waals surface area contributed by atoms with Gasteiger partial charge in [-0.25, -0.2) is 0 Å². The molecule has 1 heterocycles. The Hall–Kier alpha value is -1.10. The van der Waals surface area contributed by atoms with Gasteiger partial charge in [-0.1, -0.05) is 26.0 Å². The predicted molar refractivity (Wildman–Crippen MR) is 105 cm³/mol. The summed E-state index contributed by atoms with van der Waals surface area (Å²) in [6.07, 6.45) is 2.46. The van der Waals surface area contributed by atoms with Crippen molar-refractivity contribution in [3.8, 4) is 0 Å². The number of rotatable bonds is 9.